The summed E-state index contributed by atoms with van der Waals surface area (Å²) in [4.78, 5) is 12.1. The number of ether oxygens (including phenoxy) is 1. The largest absolute Gasteiger partial charge is 0.493 e. The molecule has 0 unspecified atom stereocenters. The van der Waals surface area contributed by atoms with E-state index in [4.69, 9.17) is 4.74 Å². The lowest BCUT2D eigenvalue weighted by molar-refractivity contribution is 0.0966. The first-order chi connectivity index (χ1) is 11.6. The SMILES string of the molecule is O=C1NCc2c1cc(-c1ccc(F)cc1F)cc2C1=CCCCO1. The van der Waals surface area contributed by atoms with Crippen molar-refractivity contribution in [2.75, 3.05) is 6.61 Å². The third-order valence-electron chi connectivity index (χ3n) is 4.36. The third kappa shape index (κ3) is 2.46. The number of carbonyl (C=O) groups is 1. The molecular weight excluding hydrogens is 312 g/mol. The van der Waals surface area contributed by atoms with E-state index in [0.717, 1.165) is 35.8 Å². The van der Waals surface area contributed by atoms with Gasteiger partial charge in [-0.15, -0.1) is 0 Å². The molecule has 122 valence electrons. The van der Waals surface area contributed by atoms with Gasteiger partial charge in [0.25, 0.3) is 5.91 Å². The van der Waals surface area contributed by atoms with Crippen molar-refractivity contribution in [3.8, 4) is 11.1 Å². The quantitative estimate of drug-likeness (QED) is 0.904. The van der Waals surface area contributed by atoms with E-state index in [-0.39, 0.29) is 11.5 Å². The Bertz CT molecular complexity index is 874. The highest BCUT2D eigenvalue weighted by molar-refractivity contribution is 6.01. The summed E-state index contributed by atoms with van der Waals surface area (Å²) >= 11 is 0. The zero-order chi connectivity index (χ0) is 16.7. The van der Waals surface area contributed by atoms with E-state index in [1.165, 1.54) is 12.1 Å². The Morgan fingerprint density at radius 2 is 1.88 bits per heavy atom. The Kier molecular flexibility index (Phi) is 3.56. The first-order valence-electron chi connectivity index (χ1n) is 7.87. The summed E-state index contributed by atoms with van der Waals surface area (Å²) in [6.45, 7) is 1.05. The van der Waals surface area contributed by atoms with Gasteiger partial charge in [-0.1, -0.05) is 0 Å². The van der Waals surface area contributed by atoms with E-state index in [1.54, 1.807) is 6.07 Å². The summed E-state index contributed by atoms with van der Waals surface area (Å²) in [5.41, 5.74) is 2.97. The van der Waals surface area contributed by atoms with E-state index in [0.29, 0.717) is 24.3 Å². The van der Waals surface area contributed by atoms with Crippen molar-refractivity contribution in [1.29, 1.82) is 0 Å². The van der Waals surface area contributed by atoms with Crippen molar-refractivity contribution in [2.45, 2.75) is 19.4 Å². The molecule has 0 spiro atoms. The maximum atomic E-state index is 14.2. The molecule has 0 radical (unpaired) electrons. The van der Waals surface area contributed by atoms with Crippen LogP contribution in [0.3, 0.4) is 0 Å². The average Bonchev–Trinajstić information content (AvgIpc) is 2.96. The molecule has 2 heterocycles. The number of fused-ring (bicyclic) bond motifs is 1. The van der Waals surface area contributed by atoms with Crippen LogP contribution in [-0.2, 0) is 11.3 Å². The van der Waals surface area contributed by atoms with Crippen molar-refractivity contribution in [2.24, 2.45) is 0 Å². The Morgan fingerprint density at radius 3 is 2.62 bits per heavy atom. The standard InChI is InChI=1S/C19H15F2NO2/c20-12-4-5-13(17(21)9-12)11-7-14(18-3-1-2-6-24-18)16-10-22-19(23)15(16)8-11/h3-5,7-9H,1-2,6,10H2,(H,22,23). The molecule has 0 bridgehead atoms. The number of hydrogen-bond donors (Lipinski definition) is 1. The lowest BCUT2D eigenvalue weighted by atomic mass is 9.93. The van der Waals surface area contributed by atoms with Crippen molar-refractivity contribution in [3.63, 3.8) is 0 Å². The normalized spacial score (nSPS) is 16.2. The van der Waals surface area contributed by atoms with E-state index in [2.05, 4.69) is 5.32 Å². The molecule has 2 aromatic rings. The molecule has 0 aliphatic carbocycles. The minimum atomic E-state index is -0.655. The number of amides is 1. The summed E-state index contributed by atoms with van der Waals surface area (Å²) in [5, 5.41) is 2.79. The fourth-order valence-corrected chi connectivity index (χ4v) is 3.17. The van der Waals surface area contributed by atoms with Crippen molar-refractivity contribution < 1.29 is 18.3 Å². The maximum absolute atomic E-state index is 14.2. The summed E-state index contributed by atoms with van der Waals surface area (Å²) in [7, 11) is 0. The fourth-order valence-electron chi connectivity index (χ4n) is 3.17. The molecule has 2 aliphatic rings. The van der Waals surface area contributed by atoms with Crippen molar-refractivity contribution in [1.82, 2.24) is 5.32 Å². The van der Waals surface area contributed by atoms with E-state index < -0.39 is 11.6 Å². The van der Waals surface area contributed by atoms with Crippen molar-refractivity contribution >= 4 is 11.7 Å². The van der Waals surface area contributed by atoms with Crippen LogP contribution < -0.4 is 5.32 Å². The first-order valence-corrected chi connectivity index (χ1v) is 7.87. The zero-order valence-electron chi connectivity index (χ0n) is 12.9. The fraction of sp³-hybridized carbons (Fsp3) is 0.211. The second-order valence-electron chi connectivity index (χ2n) is 5.92. The number of carbonyl (C=O) groups excluding carboxylic acids is 1. The Hall–Kier alpha value is -2.69. The Balaban J connectivity index is 1.91. The molecule has 2 aromatic carbocycles. The first kappa shape index (κ1) is 14.9. The van der Waals surface area contributed by atoms with Crippen LogP contribution in [-0.4, -0.2) is 12.5 Å². The van der Waals surface area contributed by atoms with Gasteiger partial charge in [-0.2, -0.15) is 0 Å². The van der Waals surface area contributed by atoms with Gasteiger partial charge in [0, 0.05) is 29.3 Å². The molecule has 0 aromatic heterocycles. The van der Waals surface area contributed by atoms with Gasteiger partial charge in [0.2, 0.25) is 0 Å². The van der Waals surface area contributed by atoms with Gasteiger partial charge in [0.1, 0.15) is 17.4 Å². The second kappa shape index (κ2) is 5.74. The van der Waals surface area contributed by atoms with Crippen LogP contribution in [0.5, 0.6) is 0 Å². The van der Waals surface area contributed by atoms with Crippen LogP contribution in [0.15, 0.2) is 36.4 Å². The maximum Gasteiger partial charge on any atom is 0.251 e. The van der Waals surface area contributed by atoms with Crippen molar-refractivity contribution in [3.05, 3.63) is 64.7 Å². The molecule has 4 rings (SSSR count). The summed E-state index contributed by atoms with van der Waals surface area (Å²) in [6, 6.07) is 6.91. The lowest BCUT2D eigenvalue weighted by Gasteiger charge is -2.18. The number of hydrogen-bond acceptors (Lipinski definition) is 2. The molecule has 3 nitrogen and oxygen atoms in total. The summed E-state index contributed by atoms with van der Waals surface area (Å²) in [6.07, 6.45) is 3.85. The second-order valence-corrected chi connectivity index (χ2v) is 5.92. The molecule has 0 atom stereocenters. The Morgan fingerprint density at radius 1 is 1.04 bits per heavy atom. The Labute approximate surface area is 137 Å². The summed E-state index contributed by atoms with van der Waals surface area (Å²) in [5.74, 6) is -0.753. The van der Waals surface area contributed by atoms with Crippen LogP contribution in [0, 0.1) is 11.6 Å². The topological polar surface area (TPSA) is 38.3 Å². The summed E-state index contributed by atoms with van der Waals surface area (Å²) < 4.78 is 33.1. The third-order valence-corrected chi connectivity index (χ3v) is 4.36. The van der Waals surface area contributed by atoms with Crippen LogP contribution >= 0.6 is 0 Å². The van der Waals surface area contributed by atoms with E-state index >= 15 is 0 Å². The minimum Gasteiger partial charge on any atom is -0.493 e. The number of rotatable bonds is 2. The predicted octanol–water partition coefficient (Wildman–Crippen LogP) is 4.03. The highest BCUT2D eigenvalue weighted by Crippen LogP contribution is 2.35. The van der Waals surface area contributed by atoms with Gasteiger partial charge in [-0.05, 0) is 54.3 Å². The molecule has 0 saturated carbocycles. The molecule has 0 fully saturated rings. The molecule has 0 saturated heterocycles. The molecular formula is C19H15F2NO2. The van der Waals surface area contributed by atoms with Crippen LogP contribution in [0.1, 0.15) is 34.3 Å². The van der Waals surface area contributed by atoms with Gasteiger partial charge < -0.3 is 10.1 Å². The molecule has 5 heteroatoms. The van der Waals surface area contributed by atoms with Gasteiger partial charge in [-0.25, -0.2) is 8.78 Å². The highest BCUT2D eigenvalue weighted by atomic mass is 19.1. The molecule has 1 amide bonds. The van der Waals surface area contributed by atoms with Crippen LogP contribution in [0.2, 0.25) is 0 Å². The van der Waals surface area contributed by atoms with E-state index in [9.17, 15) is 13.6 Å². The van der Waals surface area contributed by atoms with Crippen LogP contribution in [0.25, 0.3) is 16.9 Å². The van der Waals surface area contributed by atoms with E-state index in [1.807, 2.05) is 12.1 Å². The average molecular weight is 327 g/mol. The lowest BCUT2D eigenvalue weighted by Crippen LogP contribution is -2.12. The number of benzene rings is 2. The smallest absolute Gasteiger partial charge is 0.251 e. The van der Waals surface area contributed by atoms with Gasteiger partial charge >= 0.3 is 0 Å². The monoisotopic (exact) mass is 327 g/mol. The minimum absolute atomic E-state index is 0.188. The van der Waals surface area contributed by atoms with Gasteiger partial charge in [0.15, 0.2) is 0 Å². The zero-order valence-corrected chi connectivity index (χ0v) is 12.9. The number of nitrogens with one attached hydrogen (secondary N) is 1. The van der Waals surface area contributed by atoms with Gasteiger partial charge in [0.05, 0.1) is 6.61 Å². The number of allylic oxidation sites excluding steroid dienone is 1. The van der Waals surface area contributed by atoms with Crippen LogP contribution in [0.4, 0.5) is 8.78 Å². The molecule has 1 N–H and O–H groups in total. The van der Waals surface area contributed by atoms with Gasteiger partial charge in [-0.3, -0.25) is 4.79 Å². The highest BCUT2D eigenvalue weighted by Gasteiger charge is 2.26. The predicted molar refractivity (Wildman–Crippen MR) is 86.1 cm³/mol. The number of halogens is 2. The molecule has 2 aliphatic heterocycles. The molecule has 24 heavy (non-hydrogen) atoms.